The highest BCUT2D eigenvalue weighted by Crippen LogP contribution is 2.31. The van der Waals surface area contributed by atoms with Gasteiger partial charge in [0, 0.05) is 28.4 Å². The molecule has 0 aliphatic carbocycles. The third kappa shape index (κ3) is 2.76. The number of hydrogen-bond acceptors (Lipinski definition) is 5. The van der Waals surface area contributed by atoms with Crippen molar-refractivity contribution in [2.45, 2.75) is 11.0 Å². The van der Waals surface area contributed by atoms with Crippen molar-refractivity contribution < 1.29 is 9.15 Å². The quantitative estimate of drug-likeness (QED) is 0.543. The summed E-state index contributed by atoms with van der Waals surface area (Å²) in [7, 11) is 1.67. The summed E-state index contributed by atoms with van der Waals surface area (Å²) in [5.74, 6) is 2.09. The van der Waals surface area contributed by atoms with Crippen molar-refractivity contribution in [3.63, 3.8) is 0 Å². The van der Waals surface area contributed by atoms with E-state index in [1.54, 1.807) is 7.11 Å². The number of hydrogen-bond donors (Lipinski definition) is 1. The lowest BCUT2D eigenvalue weighted by Crippen LogP contribution is -1.89. The van der Waals surface area contributed by atoms with Crippen molar-refractivity contribution in [2.75, 3.05) is 7.11 Å². The van der Waals surface area contributed by atoms with Crippen LogP contribution >= 0.6 is 11.8 Å². The Hall–Kier alpha value is -2.73. The number of aromatic nitrogens is 3. The van der Waals surface area contributed by atoms with Crippen LogP contribution in [0.25, 0.3) is 22.4 Å². The molecule has 6 heteroatoms. The molecular formula is C18H15N3O2S. The lowest BCUT2D eigenvalue weighted by molar-refractivity contribution is 0.411. The van der Waals surface area contributed by atoms with Crippen LogP contribution in [0.5, 0.6) is 5.75 Å². The first-order chi connectivity index (χ1) is 11.8. The molecule has 0 fully saturated rings. The van der Waals surface area contributed by atoms with Crippen molar-refractivity contribution >= 4 is 22.7 Å². The van der Waals surface area contributed by atoms with E-state index in [2.05, 4.69) is 15.2 Å². The van der Waals surface area contributed by atoms with Gasteiger partial charge in [-0.05, 0) is 12.1 Å². The molecule has 0 bridgehead atoms. The van der Waals surface area contributed by atoms with Crippen LogP contribution in [-0.4, -0.2) is 22.3 Å². The summed E-state index contributed by atoms with van der Waals surface area (Å²) in [4.78, 5) is 3.22. The Kier molecular flexibility index (Phi) is 3.96. The molecule has 0 saturated carbocycles. The molecule has 4 aromatic rings. The molecule has 0 spiro atoms. The van der Waals surface area contributed by atoms with Crippen molar-refractivity contribution in [2.24, 2.45) is 0 Å². The summed E-state index contributed by atoms with van der Waals surface area (Å²) in [5, 5.41) is 9.93. The number of nitrogens with one attached hydrogen (secondary N) is 1. The Morgan fingerprint density at radius 1 is 1.08 bits per heavy atom. The smallest absolute Gasteiger partial charge is 0.277 e. The molecule has 4 rings (SSSR count). The molecule has 5 nitrogen and oxygen atoms in total. The number of rotatable bonds is 5. The second-order valence-corrected chi connectivity index (χ2v) is 6.15. The fourth-order valence-corrected chi connectivity index (χ4v) is 3.34. The second-order valence-electron chi connectivity index (χ2n) is 5.22. The van der Waals surface area contributed by atoms with Crippen LogP contribution in [0.1, 0.15) is 5.56 Å². The van der Waals surface area contributed by atoms with Crippen LogP contribution in [0.2, 0.25) is 0 Å². The first-order valence-corrected chi connectivity index (χ1v) is 8.48. The predicted molar refractivity (Wildman–Crippen MR) is 94.1 cm³/mol. The topological polar surface area (TPSA) is 63.9 Å². The van der Waals surface area contributed by atoms with Crippen molar-refractivity contribution in [3.8, 4) is 17.2 Å². The Morgan fingerprint density at radius 2 is 1.92 bits per heavy atom. The average molecular weight is 337 g/mol. The third-order valence-corrected chi connectivity index (χ3v) is 4.64. The zero-order valence-electron chi connectivity index (χ0n) is 13.0. The zero-order valence-corrected chi connectivity index (χ0v) is 13.8. The summed E-state index contributed by atoms with van der Waals surface area (Å²) >= 11 is 1.50. The zero-order chi connectivity index (χ0) is 16.4. The van der Waals surface area contributed by atoms with Gasteiger partial charge in [0.25, 0.3) is 11.1 Å². The Labute approximate surface area is 143 Å². The van der Waals surface area contributed by atoms with Gasteiger partial charge in [-0.15, -0.1) is 10.2 Å². The highest BCUT2D eigenvalue weighted by molar-refractivity contribution is 7.98. The number of para-hydroxylation sites is 2. The molecule has 1 N–H and O–H groups in total. The van der Waals surface area contributed by atoms with Crippen molar-refractivity contribution in [1.29, 1.82) is 0 Å². The summed E-state index contributed by atoms with van der Waals surface area (Å²) in [6.45, 7) is 0. The van der Waals surface area contributed by atoms with Gasteiger partial charge in [-0.1, -0.05) is 48.2 Å². The highest BCUT2D eigenvalue weighted by atomic mass is 32.2. The monoisotopic (exact) mass is 337 g/mol. The fourth-order valence-electron chi connectivity index (χ4n) is 2.59. The van der Waals surface area contributed by atoms with Crippen LogP contribution in [0.3, 0.4) is 0 Å². The molecule has 0 aliphatic heterocycles. The first-order valence-electron chi connectivity index (χ1n) is 7.50. The third-order valence-electron chi connectivity index (χ3n) is 3.77. The van der Waals surface area contributed by atoms with Crippen molar-refractivity contribution in [1.82, 2.24) is 15.2 Å². The molecule has 2 heterocycles. The van der Waals surface area contributed by atoms with Gasteiger partial charge in [0.1, 0.15) is 5.75 Å². The first kappa shape index (κ1) is 14.8. The minimum absolute atomic E-state index is 0.523. The number of methoxy groups -OCH3 is 1. The van der Waals surface area contributed by atoms with Crippen LogP contribution in [0.4, 0.5) is 0 Å². The van der Waals surface area contributed by atoms with Crippen LogP contribution in [0.15, 0.2) is 64.4 Å². The molecule has 0 unspecified atom stereocenters. The summed E-state index contributed by atoms with van der Waals surface area (Å²) in [5.41, 5.74) is 3.06. The lowest BCUT2D eigenvalue weighted by Gasteiger charge is -2.05. The standard InChI is InChI=1S/C18H15N3O2S/c1-22-16-9-5-2-6-12(16)11-24-18-21-20-17(23-18)14-10-19-15-8-4-3-7-13(14)15/h2-10,19H,11H2,1H3. The van der Waals surface area contributed by atoms with E-state index in [-0.39, 0.29) is 0 Å². The van der Waals surface area contributed by atoms with E-state index in [0.717, 1.165) is 27.8 Å². The average Bonchev–Trinajstić information content (AvgIpc) is 3.26. The molecular weight excluding hydrogens is 322 g/mol. The van der Waals surface area contributed by atoms with Gasteiger partial charge in [-0.2, -0.15) is 0 Å². The van der Waals surface area contributed by atoms with Gasteiger partial charge >= 0.3 is 0 Å². The number of aromatic amines is 1. The summed E-state index contributed by atoms with van der Waals surface area (Å²) < 4.78 is 11.2. The predicted octanol–water partition coefficient (Wildman–Crippen LogP) is 4.52. The number of ether oxygens (including phenoxy) is 1. The molecule has 0 amide bonds. The van der Waals surface area contributed by atoms with Crippen LogP contribution < -0.4 is 4.74 Å². The lowest BCUT2D eigenvalue weighted by atomic mass is 10.2. The number of H-pyrrole nitrogens is 1. The maximum Gasteiger partial charge on any atom is 0.277 e. The number of thioether (sulfide) groups is 1. The van der Waals surface area contributed by atoms with Gasteiger partial charge in [-0.25, -0.2) is 0 Å². The second kappa shape index (κ2) is 6.41. The summed E-state index contributed by atoms with van der Waals surface area (Å²) in [6, 6.07) is 16.0. The molecule has 24 heavy (non-hydrogen) atoms. The fraction of sp³-hybridized carbons (Fsp3) is 0.111. The Bertz CT molecular complexity index is 977. The van der Waals surface area contributed by atoms with E-state index in [4.69, 9.17) is 9.15 Å². The Balaban J connectivity index is 1.55. The normalized spacial score (nSPS) is 11.0. The van der Waals surface area contributed by atoms with Gasteiger partial charge < -0.3 is 14.1 Å². The number of fused-ring (bicyclic) bond motifs is 1. The number of benzene rings is 2. The van der Waals surface area contributed by atoms with E-state index in [1.807, 2.05) is 54.7 Å². The van der Waals surface area contributed by atoms with E-state index in [1.165, 1.54) is 11.8 Å². The molecule has 0 aliphatic rings. The maximum absolute atomic E-state index is 5.81. The minimum atomic E-state index is 0.523. The molecule has 0 radical (unpaired) electrons. The molecule has 2 aromatic heterocycles. The molecule has 0 atom stereocenters. The molecule has 120 valence electrons. The highest BCUT2D eigenvalue weighted by Gasteiger charge is 2.14. The van der Waals surface area contributed by atoms with Crippen LogP contribution in [-0.2, 0) is 5.75 Å². The van der Waals surface area contributed by atoms with E-state index in [0.29, 0.717) is 16.9 Å². The largest absolute Gasteiger partial charge is 0.496 e. The minimum Gasteiger partial charge on any atom is -0.496 e. The maximum atomic E-state index is 5.81. The van der Waals surface area contributed by atoms with Crippen LogP contribution in [0, 0.1) is 0 Å². The number of nitrogens with zero attached hydrogens (tertiary/aromatic N) is 2. The van der Waals surface area contributed by atoms with E-state index in [9.17, 15) is 0 Å². The Morgan fingerprint density at radius 3 is 2.83 bits per heavy atom. The van der Waals surface area contributed by atoms with Gasteiger partial charge in [0.2, 0.25) is 0 Å². The summed E-state index contributed by atoms with van der Waals surface area (Å²) in [6.07, 6.45) is 1.90. The van der Waals surface area contributed by atoms with E-state index >= 15 is 0 Å². The molecule has 0 saturated heterocycles. The SMILES string of the molecule is COc1ccccc1CSc1nnc(-c2c[nH]c3ccccc23)o1. The molecule has 2 aromatic carbocycles. The van der Waals surface area contributed by atoms with E-state index < -0.39 is 0 Å². The van der Waals surface area contributed by atoms with Gasteiger partial charge in [0.05, 0.1) is 12.7 Å². The van der Waals surface area contributed by atoms with Gasteiger partial charge in [0.15, 0.2) is 0 Å². The van der Waals surface area contributed by atoms with Gasteiger partial charge in [-0.3, -0.25) is 0 Å². The van der Waals surface area contributed by atoms with Crippen molar-refractivity contribution in [3.05, 3.63) is 60.3 Å².